The van der Waals surface area contributed by atoms with Crippen LogP contribution in [0.5, 0.6) is 0 Å². The minimum atomic E-state index is 0. The molecular weight excluding hydrogens is 383 g/mol. The van der Waals surface area contributed by atoms with Gasteiger partial charge in [-0.1, -0.05) is 6.07 Å². The highest BCUT2D eigenvalue weighted by atomic mass is 35.5. The SMILES string of the molecule is CC(c1cccnc1)N1CCN(C(=O)CNCC2CC2)CC1.Cl.Cl.Cl. The first-order valence-electron chi connectivity index (χ1n) is 8.36. The fourth-order valence-corrected chi connectivity index (χ4v) is 3.01. The third-order valence-electron chi connectivity index (χ3n) is 4.79. The molecule has 1 saturated heterocycles. The maximum absolute atomic E-state index is 12.2. The quantitative estimate of drug-likeness (QED) is 0.781. The van der Waals surface area contributed by atoms with Crippen molar-refractivity contribution in [3.63, 3.8) is 0 Å². The predicted molar refractivity (Wildman–Crippen MR) is 108 cm³/mol. The number of rotatable bonds is 6. The molecule has 0 aromatic carbocycles. The molecule has 5 nitrogen and oxygen atoms in total. The van der Waals surface area contributed by atoms with E-state index < -0.39 is 0 Å². The van der Waals surface area contributed by atoms with Crippen molar-refractivity contribution in [3.8, 4) is 0 Å². The van der Waals surface area contributed by atoms with E-state index in [4.69, 9.17) is 0 Å². The van der Waals surface area contributed by atoms with Gasteiger partial charge in [0.15, 0.2) is 0 Å². The summed E-state index contributed by atoms with van der Waals surface area (Å²) in [6.07, 6.45) is 6.39. The number of aromatic nitrogens is 1. The lowest BCUT2D eigenvalue weighted by atomic mass is 10.1. The molecule has 1 unspecified atom stereocenters. The van der Waals surface area contributed by atoms with Crippen molar-refractivity contribution in [2.24, 2.45) is 5.92 Å². The molecule has 0 spiro atoms. The Bertz CT molecular complexity index is 494. The van der Waals surface area contributed by atoms with Crippen LogP contribution in [-0.2, 0) is 4.79 Å². The Labute approximate surface area is 169 Å². The summed E-state index contributed by atoms with van der Waals surface area (Å²) in [6.45, 7) is 7.24. The van der Waals surface area contributed by atoms with Crippen LogP contribution in [0.15, 0.2) is 24.5 Å². The van der Waals surface area contributed by atoms with Gasteiger partial charge >= 0.3 is 0 Å². The Hall–Kier alpha value is -0.590. The molecule has 2 aliphatic rings. The third-order valence-corrected chi connectivity index (χ3v) is 4.79. The number of hydrogen-bond donors (Lipinski definition) is 1. The molecule has 1 N–H and O–H groups in total. The van der Waals surface area contributed by atoms with Crippen LogP contribution >= 0.6 is 37.2 Å². The normalized spacial score (nSPS) is 18.4. The van der Waals surface area contributed by atoms with E-state index in [1.807, 2.05) is 23.4 Å². The van der Waals surface area contributed by atoms with E-state index in [1.165, 1.54) is 18.4 Å². The molecule has 144 valence electrons. The summed E-state index contributed by atoms with van der Waals surface area (Å²) in [6, 6.07) is 4.47. The molecular formula is C17H29Cl3N4O. The molecule has 0 radical (unpaired) electrons. The number of halogens is 3. The number of hydrogen-bond acceptors (Lipinski definition) is 4. The van der Waals surface area contributed by atoms with Crippen LogP contribution in [0.3, 0.4) is 0 Å². The van der Waals surface area contributed by atoms with E-state index in [0.717, 1.165) is 38.6 Å². The molecule has 1 amide bonds. The lowest BCUT2D eigenvalue weighted by molar-refractivity contribution is -0.132. The summed E-state index contributed by atoms with van der Waals surface area (Å²) in [7, 11) is 0. The average molecular weight is 412 g/mol. The van der Waals surface area contributed by atoms with Crippen LogP contribution in [0.1, 0.15) is 31.4 Å². The summed E-state index contributed by atoms with van der Waals surface area (Å²) in [5.74, 6) is 1.07. The van der Waals surface area contributed by atoms with Crippen LogP contribution in [0, 0.1) is 5.92 Å². The number of amides is 1. The summed E-state index contributed by atoms with van der Waals surface area (Å²) in [5.41, 5.74) is 1.24. The molecule has 25 heavy (non-hydrogen) atoms. The second-order valence-electron chi connectivity index (χ2n) is 6.45. The zero-order valence-electron chi connectivity index (χ0n) is 14.6. The van der Waals surface area contributed by atoms with Crippen LogP contribution in [0.2, 0.25) is 0 Å². The van der Waals surface area contributed by atoms with Crippen LogP contribution in [0.4, 0.5) is 0 Å². The first-order valence-corrected chi connectivity index (χ1v) is 8.36. The number of piperazine rings is 1. The van der Waals surface area contributed by atoms with Gasteiger partial charge in [-0.15, -0.1) is 37.2 Å². The summed E-state index contributed by atoms with van der Waals surface area (Å²) >= 11 is 0. The fraction of sp³-hybridized carbons (Fsp3) is 0.647. The highest BCUT2D eigenvalue weighted by molar-refractivity contribution is 5.86. The zero-order valence-corrected chi connectivity index (χ0v) is 17.0. The molecule has 1 aromatic heterocycles. The van der Waals surface area contributed by atoms with Crippen LogP contribution in [-0.4, -0.2) is 60.0 Å². The second kappa shape index (κ2) is 11.9. The number of carbonyl (C=O) groups excluding carboxylic acids is 1. The van der Waals surface area contributed by atoms with E-state index in [0.29, 0.717) is 12.6 Å². The Kier molecular flexibility index (Phi) is 11.6. The van der Waals surface area contributed by atoms with Crippen molar-refractivity contribution in [1.29, 1.82) is 0 Å². The van der Waals surface area contributed by atoms with Gasteiger partial charge in [0, 0.05) is 44.6 Å². The molecule has 2 heterocycles. The van der Waals surface area contributed by atoms with Crippen LogP contribution in [0.25, 0.3) is 0 Å². The first kappa shape index (κ1) is 24.4. The highest BCUT2D eigenvalue weighted by Crippen LogP contribution is 2.27. The Balaban J connectivity index is 0.00000192. The van der Waals surface area contributed by atoms with Gasteiger partial charge in [0.25, 0.3) is 0 Å². The maximum atomic E-state index is 12.2. The van der Waals surface area contributed by atoms with Crippen LogP contribution < -0.4 is 5.32 Å². The standard InChI is InChI=1S/C17H26N4O.3ClH/c1-14(16-3-2-6-18-12-16)20-7-9-21(10-8-20)17(22)13-19-11-15-4-5-15;;;/h2-3,6,12,14-15,19H,4-5,7-11,13H2,1H3;3*1H. The third kappa shape index (κ3) is 7.27. The van der Waals surface area contributed by atoms with E-state index >= 15 is 0 Å². The molecule has 1 atom stereocenters. The average Bonchev–Trinajstić information content (AvgIpc) is 3.39. The molecule has 1 aliphatic carbocycles. The minimum Gasteiger partial charge on any atom is -0.339 e. The smallest absolute Gasteiger partial charge is 0.236 e. The van der Waals surface area contributed by atoms with Gasteiger partial charge in [0.05, 0.1) is 6.54 Å². The molecule has 1 saturated carbocycles. The molecule has 0 bridgehead atoms. The molecule has 1 aliphatic heterocycles. The number of nitrogens with zero attached hydrogens (tertiary/aromatic N) is 3. The van der Waals surface area contributed by atoms with Crippen molar-refractivity contribution >= 4 is 43.1 Å². The second-order valence-corrected chi connectivity index (χ2v) is 6.45. The van der Waals surface area contributed by atoms with Gasteiger partial charge in [-0.05, 0) is 43.9 Å². The first-order chi connectivity index (χ1) is 10.7. The van der Waals surface area contributed by atoms with Crippen molar-refractivity contribution in [3.05, 3.63) is 30.1 Å². The lowest BCUT2D eigenvalue weighted by Gasteiger charge is -2.38. The van der Waals surface area contributed by atoms with E-state index in [-0.39, 0.29) is 43.1 Å². The van der Waals surface area contributed by atoms with Crippen molar-refractivity contribution < 1.29 is 4.79 Å². The topological polar surface area (TPSA) is 48.5 Å². The van der Waals surface area contributed by atoms with Gasteiger partial charge in [0.2, 0.25) is 5.91 Å². The molecule has 2 fully saturated rings. The molecule has 8 heteroatoms. The van der Waals surface area contributed by atoms with Gasteiger partial charge < -0.3 is 10.2 Å². The summed E-state index contributed by atoms with van der Waals surface area (Å²) in [5, 5.41) is 3.29. The largest absolute Gasteiger partial charge is 0.339 e. The minimum absolute atomic E-state index is 0. The monoisotopic (exact) mass is 410 g/mol. The lowest BCUT2D eigenvalue weighted by Crippen LogP contribution is -2.51. The molecule has 3 rings (SSSR count). The Morgan fingerprint density at radius 2 is 1.92 bits per heavy atom. The number of pyridine rings is 1. The summed E-state index contributed by atoms with van der Waals surface area (Å²) < 4.78 is 0. The Morgan fingerprint density at radius 3 is 2.48 bits per heavy atom. The van der Waals surface area contributed by atoms with E-state index in [9.17, 15) is 4.79 Å². The van der Waals surface area contributed by atoms with Gasteiger partial charge in [-0.25, -0.2) is 0 Å². The summed E-state index contributed by atoms with van der Waals surface area (Å²) in [4.78, 5) is 20.8. The van der Waals surface area contributed by atoms with Gasteiger partial charge in [-0.3, -0.25) is 14.7 Å². The number of nitrogens with one attached hydrogen (secondary N) is 1. The Morgan fingerprint density at radius 1 is 1.24 bits per heavy atom. The highest BCUT2D eigenvalue weighted by Gasteiger charge is 2.25. The van der Waals surface area contributed by atoms with Crippen molar-refractivity contribution in [2.45, 2.75) is 25.8 Å². The van der Waals surface area contributed by atoms with E-state index in [2.05, 4.69) is 28.2 Å². The predicted octanol–water partition coefficient (Wildman–Crippen LogP) is 2.55. The van der Waals surface area contributed by atoms with Crippen molar-refractivity contribution in [2.75, 3.05) is 39.3 Å². The molecule has 1 aromatic rings. The number of carbonyl (C=O) groups is 1. The maximum Gasteiger partial charge on any atom is 0.236 e. The van der Waals surface area contributed by atoms with E-state index in [1.54, 1.807) is 0 Å². The van der Waals surface area contributed by atoms with Gasteiger partial charge in [0.1, 0.15) is 0 Å². The van der Waals surface area contributed by atoms with Crippen molar-refractivity contribution in [1.82, 2.24) is 20.1 Å². The zero-order chi connectivity index (χ0) is 15.4. The van der Waals surface area contributed by atoms with Gasteiger partial charge in [-0.2, -0.15) is 0 Å². The fourth-order valence-electron chi connectivity index (χ4n) is 3.01.